The van der Waals surface area contributed by atoms with Gasteiger partial charge < -0.3 is 10.8 Å². The SMILES string of the molecule is Cl.N[C@@H](c1cc([N+](=O)[O-])cc(F)c1O)C(F)F. The first-order valence-corrected chi connectivity index (χ1v) is 4.05. The van der Waals surface area contributed by atoms with Crippen LogP contribution in [0.5, 0.6) is 5.75 Å². The molecular weight excluding hydrogens is 265 g/mol. The van der Waals surface area contributed by atoms with Crippen LogP contribution in [0.4, 0.5) is 18.9 Å². The number of nitro benzene ring substituents is 1. The molecule has 0 unspecified atom stereocenters. The second kappa shape index (κ2) is 5.69. The molecule has 0 bridgehead atoms. The first-order valence-electron chi connectivity index (χ1n) is 4.05. The lowest BCUT2D eigenvalue weighted by molar-refractivity contribution is -0.385. The minimum absolute atomic E-state index is 0. The number of phenolic OH excluding ortho intramolecular Hbond substituents is 1. The van der Waals surface area contributed by atoms with Crippen LogP contribution in [0.15, 0.2) is 12.1 Å². The highest BCUT2D eigenvalue weighted by molar-refractivity contribution is 5.85. The third-order valence-corrected chi connectivity index (χ3v) is 1.92. The molecule has 0 spiro atoms. The van der Waals surface area contributed by atoms with Crippen molar-refractivity contribution in [3.63, 3.8) is 0 Å². The molecule has 0 amide bonds. The summed E-state index contributed by atoms with van der Waals surface area (Å²) in [4.78, 5) is 9.37. The number of non-ortho nitro benzene ring substituents is 1. The summed E-state index contributed by atoms with van der Waals surface area (Å²) in [5.41, 5.74) is 3.54. The highest BCUT2D eigenvalue weighted by Gasteiger charge is 2.25. The van der Waals surface area contributed by atoms with E-state index >= 15 is 0 Å². The molecule has 0 aliphatic carbocycles. The number of nitrogens with two attached hydrogens (primary N) is 1. The van der Waals surface area contributed by atoms with Crippen molar-refractivity contribution in [3.8, 4) is 5.75 Å². The second-order valence-corrected chi connectivity index (χ2v) is 2.98. The van der Waals surface area contributed by atoms with Gasteiger partial charge in [-0.1, -0.05) is 0 Å². The Balaban J connectivity index is 0.00000256. The molecule has 0 saturated heterocycles. The Hall–Kier alpha value is -1.54. The van der Waals surface area contributed by atoms with Crippen LogP contribution < -0.4 is 5.73 Å². The first-order chi connectivity index (χ1) is 7.34. The molecule has 96 valence electrons. The minimum Gasteiger partial charge on any atom is -0.505 e. The van der Waals surface area contributed by atoms with E-state index < -0.39 is 40.2 Å². The summed E-state index contributed by atoms with van der Waals surface area (Å²) in [5, 5.41) is 19.5. The number of benzene rings is 1. The number of nitro groups is 1. The predicted molar refractivity (Wildman–Crippen MR) is 54.9 cm³/mol. The predicted octanol–water partition coefficient (Wildman–Crippen LogP) is 2.13. The molecule has 1 rings (SSSR count). The van der Waals surface area contributed by atoms with Gasteiger partial charge in [0, 0.05) is 11.6 Å². The smallest absolute Gasteiger partial charge is 0.272 e. The molecule has 0 radical (unpaired) electrons. The lowest BCUT2D eigenvalue weighted by atomic mass is 10.1. The molecule has 3 N–H and O–H groups in total. The third kappa shape index (κ3) is 3.21. The van der Waals surface area contributed by atoms with Crippen LogP contribution in [0.2, 0.25) is 0 Å². The summed E-state index contributed by atoms with van der Waals surface area (Å²) in [6, 6.07) is -0.930. The molecular formula is C8H8ClF3N2O3. The maximum Gasteiger partial charge on any atom is 0.272 e. The van der Waals surface area contributed by atoms with Crippen LogP contribution in [0.3, 0.4) is 0 Å². The van der Waals surface area contributed by atoms with Gasteiger partial charge in [-0.25, -0.2) is 13.2 Å². The quantitative estimate of drug-likeness (QED) is 0.651. The summed E-state index contributed by atoms with van der Waals surface area (Å²) >= 11 is 0. The van der Waals surface area contributed by atoms with Gasteiger partial charge in [0.05, 0.1) is 17.0 Å². The number of hydrogen-bond acceptors (Lipinski definition) is 4. The topological polar surface area (TPSA) is 89.4 Å². The van der Waals surface area contributed by atoms with Crippen LogP contribution >= 0.6 is 12.4 Å². The van der Waals surface area contributed by atoms with Crippen molar-refractivity contribution in [3.05, 3.63) is 33.6 Å². The summed E-state index contributed by atoms with van der Waals surface area (Å²) in [7, 11) is 0. The Kier molecular flexibility index (Phi) is 5.17. The number of aromatic hydroxyl groups is 1. The average Bonchev–Trinajstić information content (AvgIpc) is 2.20. The highest BCUT2D eigenvalue weighted by atomic mass is 35.5. The largest absolute Gasteiger partial charge is 0.505 e. The molecule has 0 fully saturated rings. The number of rotatable bonds is 3. The zero-order valence-electron chi connectivity index (χ0n) is 8.14. The van der Waals surface area contributed by atoms with Crippen molar-refractivity contribution in [2.24, 2.45) is 5.73 Å². The second-order valence-electron chi connectivity index (χ2n) is 2.98. The Morgan fingerprint density at radius 2 is 1.94 bits per heavy atom. The van der Waals surface area contributed by atoms with E-state index in [1.54, 1.807) is 0 Å². The number of alkyl halides is 2. The number of hydrogen-bond donors (Lipinski definition) is 2. The summed E-state index contributed by atoms with van der Waals surface area (Å²) in [5.74, 6) is -2.46. The zero-order valence-corrected chi connectivity index (χ0v) is 8.96. The Bertz CT molecular complexity index is 431. The zero-order chi connectivity index (χ0) is 12.5. The van der Waals surface area contributed by atoms with E-state index in [4.69, 9.17) is 10.8 Å². The van der Waals surface area contributed by atoms with E-state index in [1.807, 2.05) is 0 Å². The van der Waals surface area contributed by atoms with Crippen LogP contribution in [0, 0.1) is 15.9 Å². The summed E-state index contributed by atoms with van der Waals surface area (Å²) in [6.07, 6.45) is -3.06. The van der Waals surface area contributed by atoms with E-state index in [2.05, 4.69) is 0 Å². The van der Waals surface area contributed by atoms with Crippen molar-refractivity contribution in [1.29, 1.82) is 0 Å². The molecule has 0 heterocycles. The molecule has 17 heavy (non-hydrogen) atoms. The van der Waals surface area contributed by atoms with Gasteiger partial charge in [0.2, 0.25) is 0 Å². The minimum atomic E-state index is -3.06. The van der Waals surface area contributed by atoms with Gasteiger partial charge in [-0.15, -0.1) is 12.4 Å². The maximum atomic E-state index is 13.0. The molecule has 0 aliphatic heterocycles. The number of halogens is 4. The third-order valence-electron chi connectivity index (χ3n) is 1.92. The van der Waals surface area contributed by atoms with Gasteiger partial charge in [0.1, 0.15) is 0 Å². The molecule has 1 aromatic rings. The van der Waals surface area contributed by atoms with Gasteiger partial charge in [-0.2, -0.15) is 0 Å². The van der Waals surface area contributed by atoms with Crippen molar-refractivity contribution in [2.45, 2.75) is 12.5 Å². The van der Waals surface area contributed by atoms with Gasteiger partial charge >= 0.3 is 0 Å². The molecule has 0 aromatic heterocycles. The van der Waals surface area contributed by atoms with E-state index in [9.17, 15) is 23.3 Å². The molecule has 9 heteroatoms. The van der Waals surface area contributed by atoms with Crippen LogP contribution in [0.25, 0.3) is 0 Å². The van der Waals surface area contributed by atoms with E-state index in [0.717, 1.165) is 0 Å². The summed E-state index contributed by atoms with van der Waals surface area (Å²) < 4.78 is 37.4. The Labute approximate surface area is 99.6 Å². The van der Waals surface area contributed by atoms with E-state index in [-0.39, 0.29) is 12.4 Å². The normalized spacial score (nSPS) is 12.1. The van der Waals surface area contributed by atoms with Crippen LogP contribution in [-0.2, 0) is 0 Å². The van der Waals surface area contributed by atoms with Crippen LogP contribution in [-0.4, -0.2) is 16.5 Å². The lowest BCUT2D eigenvalue weighted by Crippen LogP contribution is -2.19. The number of nitrogens with zero attached hydrogens (tertiary/aromatic N) is 1. The monoisotopic (exact) mass is 272 g/mol. The molecule has 0 saturated carbocycles. The fraction of sp³-hybridized carbons (Fsp3) is 0.250. The van der Waals surface area contributed by atoms with Gasteiger partial charge in [0.25, 0.3) is 12.1 Å². The first kappa shape index (κ1) is 15.5. The van der Waals surface area contributed by atoms with E-state index in [1.165, 1.54) is 0 Å². The highest BCUT2D eigenvalue weighted by Crippen LogP contribution is 2.32. The molecule has 1 atom stereocenters. The lowest BCUT2D eigenvalue weighted by Gasteiger charge is -2.12. The average molecular weight is 273 g/mol. The standard InChI is InChI=1S/C8H7F3N2O3.ClH/c9-5-2-3(13(15)16)1-4(7(5)14)6(12)8(10)11;/h1-2,6,8,14H,12H2;1H/t6-;/m0./s1. The van der Waals surface area contributed by atoms with Crippen molar-refractivity contribution in [1.82, 2.24) is 0 Å². The van der Waals surface area contributed by atoms with Crippen molar-refractivity contribution >= 4 is 18.1 Å². The fourth-order valence-corrected chi connectivity index (χ4v) is 1.10. The number of phenols is 1. The van der Waals surface area contributed by atoms with E-state index in [0.29, 0.717) is 12.1 Å². The van der Waals surface area contributed by atoms with Crippen molar-refractivity contribution in [2.75, 3.05) is 0 Å². The van der Waals surface area contributed by atoms with Gasteiger partial charge in [-0.3, -0.25) is 10.1 Å². The molecule has 0 aliphatic rings. The molecule has 5 nitrogen and oxygen atoms in total. The Morgan fingerprint density at radius 3 is 2.35 bits per heavy atom. The van der Waals surface area contributed by atoms with Gasteiger partial charge in [0.15, 0.2) is 11.6 Å². The van der Waals surface area contributed by atoms with Crippen molar-refractivity contribution < 1.29 is 23.2 Å². The van der Waals surface area contributed by atoms with Crippen LogP contribution in [0.1, 0.15) is 11.6 Å². The summed E-state index contributed by atoms with van der Waals surface area (Å²) in [6.45, 7) is 0. The fourth-order valence-electron chi connectivity index (χ4n) is 1.10. The Morgan fingerprint density at radius 1 is 1.41 bits per heavy atom. The van der Waals surface area contributed by atoms with Gasteiger partial charge in [-0.05, 0) is 0 Å². The molecule has 1 aromatic carbocycles. The maximum absolute atomic E-state index is 13.0.